The number of nitrogens with two attached hydrogens (primary N) is 1. The maximum Gasteiger partial charge on any atom is 0.230 e. The summed E-state index contributed by atoms with van der Waals surface area (Å²) in [6.07, 6.45) is 4.19. The fourth-order valence-electron chi connectivity index (χ4n) is 3.60. The number of hydrogen-bond acceptors (Lipinski definition) is 3. The Morgan fingerprint density at radius 2 is 1.81 bits per heavy atom. The van der Waals surface area contributed by atoms with E-state index in [1.165, 1.54) is 0 Å². The van der Waals surface area contributed by atoms with E-state index >= 15 is 0 Å². The second-order valence-corrected chi connectivity index (χ2v) is 6.35. The van der Waals surface area contributed by atoms with Crippen LogP contribution in [0.5, 0.6) is 0 Å². The van der Waals surface area contributed by atoms with Crippen LogP contribution >= 0.6 is 0 Å². The molecular formula is C17H25N3O. The molecule has 3 rings (SSSR count). The molecule has 0 radical (unpaired) electrons. The highest BCUT2D eigenvalue weighted by atomic mass is 16.2. The van der Waals surface area contributed by atoms with Gasteiger partial charge in [-0.2, -0.15) is 0 Å². The van der Waals surface area contributed by atoms with Crippen molar-refractivity contribution in [2.45, 2.75) is 25.7 Å². The van der Waals surface area contributed by atoms with Gasteiger partial charge in [0, 0.05) is 26.1 Å². The number of fused-ring (bicyclic) bond motifs is 1. The van der Waals surface area contributed by atoms with Gasteiger partial charge < -0.3 is 15.5 Å². The van der Waals surface area contributed by atoms with Crippen molar-refractivity contribution in [2.75, 3.05) is 36.5 Å². The highest BCUT2D eigenvalue weighted by Gasteiger charge is 2.32. The van der Waals surface area contributed by atoms with Crippen LogP contribution in [-0.4, -0.2) is 32.6 Å². The molecule has 1 saturated carbocycles. The fraction of sp³-hybridized carbons (Fsp3) is 0.588. The second-order valence-electron chi connectivity index (χ2n) is 6.35. The van der Waals surface area contributed by atoms with E-state index in [0.717, 1.165) is 56.7 Å². The molecular weight excluding hydrogens is 262 g/mol. The molecule has 1 aromatic rings. The monoisotopic (exact) mass is 287 g/mol. The van der Waals surface area contributed by atoms with Crippen LogP contribution in [0.15, 0.2) is 24.3 Å². The van der Waals surface area contributed by atoms with E-state index in [1.807, 2.05) is 17.0 Å². The number of likely N-dealkylation sites (N-methyl/N-ethyl adjacent to an activating group) is 1. The van der Waals surface area contributed by atoms with E-state index in [9.17, 15) is 4.79 Å². The van der Waals surface area contributed by atoms with Crippen molar-refractivity contribution in [2.24, 2.45) is 17.6 Å². The van der Waals surface area contributed by atoms with Gasteiger partial charge in [0.1, 0.15) is 0 Å². The standard InChI is InChI=1S/C17H25N3O/c1-19-10-11-20(16-5-3-2-4-15(16)19)17(21)14-8-6-13(12-18)7-9-14/h2-5,13-14H,6-12,18H2,1H3. The minimum Gasteiger partial charge on any atom is -0.371 e. The zero-order valence-electron chi connectivity index (χ0n) is 12.8. The number of hydrogen-bond donors (Lipinski definition) is 1. The molecule has 0 bridgehead atoms. The Labute approximate surface area is 126 Å². The van der Waals surface area contributed by atoms with Crippen LogP contribution in [-0.2, 0) is 4.79 Å². The minimum atomic E-state index is 0.185. The topological polar surface area (TPSA) is 49.6 Å². The van der Waals surface area contributed by atoms with Crippen LogP contribution in [0.4, 0.5) is 11.4 Å². The molecule has 1 fully saturated rings. The normalized spacial score (nSPS) is 25.6. The molecule has 1 aromatic carbocycles. The molecule has 1 aliphatic heterocycles. The third-order valence-corrected chi connectivity index (χ3v) is 5.04. The number of rotatable bonds is 2. The molecule has 0 spiro atoms. The van der Waals surface area contributed by atoms with Gasteiger partial charge in [0.2, 0.25) is 5.91 Å². The molecule has 0 saturated heterocycles. The van der Waals surface area contributed by atoms with Gasteiger partial charge in [-0.15, -0.1) is 0 Å². The predicted molar refractivity (Wildman–Crippen MR) is 86.6 cm³/mol. The number of nitrogens with zero attached hydrogens (tertiary/aromatic N) is 2. The lowest BCUT2D eigenvalue weighted by Gasteiger charge is -2.38. The Kier molecular flexibility index (Phi) is 4.15. The molecule has 1 amide bonds. The quantitative estimate of drug-likeness (QED) is 0.907. The van der Waals surface area contributed by atoms with Gasteiger partial charge in [-0.05, 0) is 50.3 Å². The van der Waals surface area contributed by atoms with Crippen molar-refractivity contribution in [1.29, 1.82) is 0 Å². The predicted octanol–water partition coefficient (Wildman–Crippen LogP) is 2.23. The fourth-order valence-corrected chi connectivity index (χ4v) is 3.60. The highest BCUT2D eigenvalue weighted by Crippen LogP contribution is 2.35. The maximum atomic E-state index is 12.9. The summed E-state index contributed by atoms with van der Waals surface area (Å²) in [7, 11) is 2.09. The zero-order chi connectivity index (χ0) is 14.8. The summed E-state index contributed by atoms with van der Waals surface area (Å²) in [6.45, 7) is 2.46. The Morgan fingerprint density at radius 3 is 2.48 bits per heavy atom. The average Bonchev–Trinajstić information content (AvgIpc) is 2.55. The second kappa shape index (κ2) is 6.06. The number of amides is 1. The lowest BCUT2D eigenvalue weighted by Crippen LogP contribution is -2.46. The molecule has 0 aromatic heterocycles. The third kappa shape index (κ3) is 2.77. The molecule has 2 aliphatic rings. The molecule has 4 heteroatoms. The van der Waals surface area contributed by atoms with Crippen molar-refractivity contribution in [1.82, 2.24) is 0 Å². The number of carbonyl (C=O) groups is 1. The Bertz CT molecular complexity index is 509. The van der Waals surface area contributed by atoms with E-state index in [1.54, 1.807) is 0 Å². The van der Waals surface area contributed by atoms with Crippen LogP contribution in [0.1, 0.15) is 25.7 Å². The van der Waals surface area contributed by atoms with Crippen molar-refractivity contribution < 1.29 is 4.79 Å². The average molecular weight is 287 g/mol. The number of anilines is 2. The molecule has 1 heterocycles. The maximum absolute atomic E-state index is 12.9. The van der Waals surface area contributed by atoms with Gasteiger partial charge in [0.15, 0.2) is 0 Å². The first-order valence-electron chi connectivity index (χ1n) is 8.02. The molecule has 1 aliphatic carbocycles. The van der Waals surface area contributed by atoms with Crippen LogP contribution < -0.4 is 15.5 Å². The summed E-state index contributed by atoms with van der Waals surface area (Å²) in [4.78, 5) is 17.1. The number of carbonyl (C=O) groups excluding carboxylic acids is 1. The SMILES string of the molecule is CN1CCN(C(=O)C2CCC(CN)CC2)c2ccccc21. The van der Waals surface area contributed by atoms with E-state index in [4.69, 9.17) is 5.73 Å². The first-order valence-corrected chi connectivity index (χ1v) is 8.02. The largest absolute Gasteiger partial charge is 0.371 e. The lowest BCUT2D eigenvalue weighted by atomic mass is 9.81. The van der Waals surface area contributed by atoms with Crippen molar-refractivity contribution >= 4 is 17.3 Å². The summed E-state index contributed by atoms with van der Waals surface area (Å²) in [5.41, 5.74) is 7.97. The molecule has 114 valence electrons. The van der Waals surface area contributed by atoms with Gasteiger partial charge in [-0.3, -0.25) is 4.79 Å². The summed E-state index contributed by atoms with van der Waals surface area (Å²) in [5.74, 6) is 1.11. The van der Waals surface area contributed by atoms with Gasteiger partial charge in [-0.25, -0.2) is 0 Å². The summed E-state index contributed by atoms with van der Waals surface area (Å²) in [6, 6.07) is 8.22. The molecule has 0 unspecified atom stereocenters. The van der Waals surface area contributed by atoms with Gasteiger partial charge in [0.05, 0.1) is 11.4 Å². The minimum absolute atomic E-state index is 0.185. The van der Waals surface area contributed by atoms with Crippen molar-refractivity contribution in [3.63, 3.8) is 0 Å². The first-order chi connectivity index (χ1) is 10.2. The van der Waals surface area contributed by atoms with E-state index in [-0.39, 0.29) is 5.92 Å². The van der Waals surface area contributed by atoms with Gasteiger partial charge in [0.25, 0.3) is 0 Å². The van der Waals surface area contributed by atoms with Crippen LogP contribution in [0, 0.1) is 11.8 Å². The number of para-hydroxylation sites is 2. The van der Waals surface area contributed by atoms with Crippen LogP contribution in [0.25, 0.3) is 0 Å². The Balaban J connectivity index is 1.75. The van der Waals surface area contributed by atoms with E-state index in [2.05, 4.69) is 24.1 Å². The van der Waals surface area contributed by atoms with E-state index < -0.39 is 0 Å². The third-order valence-electron chi connectivity index (χ3n) is 5.04. The molecule has 2 N–H and O–H groups in total. The lowest BCUT2D eigenvalue weighted by molar-refractivity contribution is -0.123. The molecule has 0 atom stereocenters. The zero-order valence-corrected chi connectivity index (χ0v) is 12.8. The van der Waals surface area contributed by atoms with Gasteiger partial charge in [-0.1, -0.05) is 12.1 Å². The van der Waals surface area contributed by atoms with Crippen molar-refractivity contribution in [3.8, 4) is 0 Å². The van der Waals surface area contributed by atoms with Crippen molar-refractivity contribution in [3.05, 3.63) is 24.3 Å². The van der Waals surface area contributed by atoms with Crippen LogP contribution in [0.2, 0.25) is 0 Å². The summed E-state index contributed by atoms with van der Waals surface area (Å²) < 4.78 is 0. The summed E-state index contributed by atoms with van der Waals surface area (Å²) >= 11 is 0. The number of benzene rings is 1. The molecule has 4 nitrogen and oxygen atoms in total. The van der Waals surface area contributed by atoms with Crippen LogP contribution in [0.3, 0.4) is 0 Å². The first kappa shape index (κ1) is 14.4. The molecule has 21 heavy (non-hydrogen) atoms. The smallest absolute Gasteiger partial charge is 0.230 e. The summed E-state index contributed by atoms with van der Waals surface area (Å²) in [5, 5.41) is 0. The Hall–Kier alpha value is -1.55. The van der Waals surface area contributed by atoms with Gasteiger partial charge >= 0.3 is 0 Å². The highest BCUT2D eigenvalue weighted by molar-refractivity contribution is 5.99. The Morgan fingerprint density at radius 1 is 1.14 bits per heavy atom. The van der Waals surface area contributed by atoms with E-state index in [0.29, 0.717) is 11.8 Å².